The Bertz CT molecular complexity index is 1090. The zero-order valence-electron chi connectivity index (χ0n) is 23.9. The Labute approximate surface area is 233 Å². The number of alkyl carbamates (subject to hydrolysis) is 1. The van der Waals surface area contributed by atoms with Crippen molar-refractivity contribution in [3.8, 4) is 0 Å². The minimum Gasteiger partial charge on any atom is -0.444 e. The number of aryl methyl sites for hydroxylation is 3. The molecule has 0 fully saturated rings. The Morgan fingerprint density at radius 3 is 2.05 bits per heavy atom. The Hall–Kier alpha value is -3.00. The highest BCUT2D eigenvalue weighted by Gasteiger charge is 2.38. The number of carbonyl (C=O) groups excluding carboxylic acids is 3. The summed E-state index contributed by atoms with van der Waals surface area (Å²) in [6.07, 6.45) is 0.755. The highest BCUT2D eigenvalue weighted by Crippen LogP contribution is 2.29. The van der Waals surface area contributed by atoms with Crippen LogP contribution in [0.1, 0.15) is 76.3 Å². The van der Waals surface area contributed by atoms with Gasteiger partial charge >= 0.3 is 6.09 Å². The molecule has 0 bridgehead atoms. The number of nitrogens with one attached hydrogen (secondary N) is 2. The van der Waals surface area contributed by atoms with Gasteiger partial charge in [0, 0.05) is 17.5 Å². The summed E-state index contributed by atoms with van der Waals surface area (Å²) in [6, 6.07) is 11.4. The van der Waals surface area contributed by atoms with E-state index in [1.54, 1.807) is 25.7 Å². The number of thiol groups is 1. The van der Waals surface area contributed by atoms with Gasteiger partial charge in [-0.2, -0.15) is 12.6 Å². The molecule has 0 saturated carbocycles. The molecule has 0 aliphatic heterocycles. The third-order valence-corrected chi connectivity index (χ3v) is 6.82. The molecule has 0 saturated heterocycles. The van der Waals surface area contributed by atoms with Crippen LogP contribution in [0.15, 0.2) is 42.5 Å². The second-order valence-corrected chi connectivity index (χ2v) is 11.0. The van der Waals surface area contributed by atoms with Gasteiger partial charge in [-0.1, -0.05) is 56.3 Å². The van der Waals surface area contributed by atoms with Crippen molar-refractivity contribution in [2.75, 3.05) is 11.1 Å². The summed E-state index contributed by atoms with van der Waals surface area (Å²) in [4.78, 5) is 42.2. The molecule has 7 nitrogen and oxygen atoms in total. The van der Waals surface area contributed by atoms with E-state index in [-0.39, 0.29) is 17.7 Å². The van der Waals surface area contributed by atoms with Crippen molar-refractivity contribution < 1.29 is 19.1 Å². The van der Waals surface area contributed by atoms with Crippen LogP contribution in [0.4, 0.5) is 10.5 Å². The topological polar surface area (TPSA) is 87.7 Å². The Kier molecular flexibility index (Phi) is 11.2. The van der Waals surface area contributed by atoms with Crippen LogP contribution in [-0.4, -0.2) is 46.2 Å². The Morgan fingerprint density at radius 2 is 1.58 bits per heavy atom. The molecule has 2 aromatic rings. The summed E-state index contributed by atoms with van der Waals surface area (Å²) in [5.74, 6) is -0.678. The smallest absolute Gasteiger partial charge is 0.408 e. The van der Waals surface area contributed by atoms with Crippen LogP contribution in [0.5, 0.6) is 0 Å². The average molecular weight is 542 g/mol. The molecule has 8 heteroatoms. The van der Waals surface area contributed by atoms with Crippen LogP contribution in [0.2, 0.25) is 0 Å². The average Bonchev–Trinajstić information content (AvgIpc) is 2.86. The van der Waals surface area contributed by atoms with E-state index >= 15 is 0 Å². The number of ether oxygens (including phenoxy) is 1. The van der Waals surface area contributed by atoms with E-state index in [9.17, 15) is 14.4 Å². The lowest BCUT2D eigenvalue weighted by Crippen LogP contribution is -2.55. The maximum Gasteiger partial charge on any atom is 0.408 e. The number of hydrogen-bond acceptors (Lipinski definition) is 5. The predicted molar refractivity (Wildman–Crippen MR) is 157 cm³/mol. The Morgan fingerprint density at radius 1 is 1.00 bits per heavy atom. The van der Waals surface area contributed by atoms with Crippen LogP contribution in [0.3, 0.4) is 0 Å². The normalized spacial score (nSPS) is 13.7. The third kappa shape index (κ3) is 8.25. The maximum atomic E-state index is 14.0. The molecule has 0 aliphatic carbocycles. The molecular weight excluding hydrogens is 498 g/mol. The molecule has 3 amide bonds. The van der Waals surface area contributed by atoms with Crippen molar-refractivity contribution in [2.45, 2.75) is 92.0 Å². The lowest BCUT2D eigenvalue weighted by Gasteiger charge is -2.38. The first kappa shape index (κ1) is 31.2. The van der Waals surface area contributed by atoms with Gasteiger partial charge in [-0.3, -0.25) is 9.59 Å². The molecule has 2 rings (SSSR count). The number of benzene rings is 2. The van der Waals surface area contributed by atoms with Crippen LogP contribution in [0, 0.1) is 13.8 Å². The van der Waals surface area contributed by atoms with Gasteiger partial charge in [0.1, 0.15) is 17.7 Å². The maximum absolute atomic E-state index is 14.0. The lowest BCUT2D eigenvalue weighted by atomic mass is 9.98. The SMILES string of the molecule is CCc1ccc(C(C(=O)Nc2c(C)cccc2C)N(C(=O)C(CS)NC(=O)OC(C)(C)C)C(C)CC)cc1. The predicted octanol–water partition coefficient (Wildman–Crippen LogP) is 6.00. The summed E-state index contributed by atoms with van der Waals surface area (Å²) in [5.41, 5.74) is 3.68. The van der Waals surface area contributed by atoms with E-state index in [1.165, 1.54) is 0 Å². The lowest BCUT2D eigenvalue weighted by molar-refractivity contribution is -0.142. The number of nitrogens with zero attached hydrogens (tertiary/aromatic N) is 1. The van der Waals surface area contributed by atoms with E-state index in [4.69, 9.17) is 4.74 Å². The number of amides is 3. The zero-order chi connectivity index (χ0) is 28.6. The van der Waals surface area contributed by atoms with Crippen LogP contribution >= 0.6 is 12.6 Å². The van der Waals surface area contributed by atoms with E-state index in [0.29, 0.717) is 12.0 Å². The van der Waals surface area contributed by atoms with Crippen LogP contribution in [-0.2, 0) is 20.7 Å². The van der Waals surface area contributed by atoms with Crippen LogP contribution in [0.25, 0.3) is 0 Å². The largest absolute Gasteiger partial charge is 0.444 e. The fourth-order valence-corrected chi connectivity index (χ4v) is 4.44. The number of carbonyl (C=O) groups is 3. The molecule has 3 unspecified atom stereocenters. The van der Waals surface area contributed by atoms with Crippen molar-refractivity contribution in [2.24, 2.45) is 0 Å². The van der Waals surface area contributed by atoms with Crippen molar-refractivity contribution >= 4 is 36.2 Å². The van der Waals surface area contributed by atoms with Gasteiger partial charge in [0.2, 0.25) is 5.91 Å². The number of rotatable bonds is 10. The number of anilines is 1. The first-order valence-electron chi connectivity index (χ1n) is 13.2. The molecule has 2 aromatic carbocycles. The van der Waals surface area contributed by atoms with E-state index in [2.05, 4.69) is 30.2 Å². The molecule has 0 radical (unpaired) electrons. The standard InChI is InChI=1S/C30H43N3O4S/c1-9-21(5)33(28(35)24(18-38)31-29(36)37-30(6,7)8)26(23-16-14-22(10-2)15-17-23)27(34)32-25-19(3)12-11-13-20(25)4/h11-17,21,24,26,38H,9-10,18H2,1-8H3,(H,31,36)(H,32,34). The molecular formula is C30H43N3O4S. The van der Waals surface area contributed by atoms with Gasteiger partial charge in [0.05, 0.1) is 0 Å². The summed E-state index contributed by atoms with van der Waals surface area (Å²) in [6.45, 7) is 15.1. The Balaban J connectivity index is 2.56. The van der Waals surface area contributed by atoms with Crippen molar-refractivity contribution in [3.63, 3.8) is 0 Å². The molecule has 0 aliphatic rings. The molecule has 0 heterocycles. The molecule has 0 aromatic heterocycles. The summed E-state index contributed by atoms with van der Waals surface area (Å²) in [5, 5.41) is 5.74. The van der Waals surface area contributed by atoms with Crippen molar-refractivity contribution in [1.82, 2.24) is 10.2 Å². The van der Waals surface area contributed by atoms with Crippen molar-refractivity contribution in [1.29, 1.82) is 0 Å². The second kappa shape index (κ2) is 13.7. The summed E-state index contributed by atoms with van der Waals surface area (Å²) in [7, 11) is 0. The monoisotopic (exact) mass is 541 g/mol. The molecule has 38 heavy (non-hydrogen) atoms. The van der Waals surface area contributed by atoms with Crippen molar-refractivity contribution in [3.05, 3.63) is 64.7 Å². The zero-order valence-corrected chi connectivity index (χ0v) is 24.8. The quantitative estimate of drug-likeness (QED) is 0.322. The molecule has 208 valence electrons. The van der Waals surface area contributed by atoms with Gasteiger partial charge in [-0.25, -0.2) is 4.79 Å². The molecule has 2 N–H and O–H groups in total. The summed E-state index contributed by atoms with van der Waals surface area (Å²) >= 11 is 4.36. The highest BCUT2D eigenvalue weighted by molar-refractivity contribution is 7.80. The number of para-hydroxylation sites is 1. The fourth-order valence-electron chi connectivity index (χ4n) is 4.19. The minimum absolute atomic E-state index is 0.0467. The molecule has 0 spiro atoms. The van der Waals surface area contributed by atoms with Crippen LogP contribution < -0.4 is 10.6 Å². The van der Waals surface area contributed by atoms with E-state index < -0.39 is 29.7 Å². The second-order valence-electron chi connectivity index (χ2n) is 10.6. The summed E-state index contributed by atoms with van der Waals surface area (Å²) < 4.78 is 5.38. The highest BCUT2D eigenvalue weighted by atomic mass is 32.1. The fraction of sp³-hybridized carbons (Fsp3) is 0.500. The van der Waals surface area contributed by atoms with E-state index in [1.807, 2.05) is 70.2 Å². The number of hydrogen-bond donors (Lipinski definition) is 3. The van der Waals surface area contributed by atoms with E-state index in [0.717, 1.165) is 28.8 Å². The first-order chi connectivity index (χ1) is 17.8. The van der Waals surface area contributed by atoms with Gasteiger partial charge < -0.3 is 20.3 Å². The molecule has 3 atom stereocenters. The van der Waals surface area contributed by atoms with Gasteiger partial charge in [-0.05, 0) is 76.6 Å². The minimum atomic E-state index is -0.979. The third-order valence-electron chi connectivity index (χ3n) is 6.45. The van der Waals surface area contributed by atoms with Gasteiger partial charge in [0.25, 0.3) is 5.91 Å². The first-order valence-corrected chi connectivity index (χ1v) is 13.8. The van der Waals surface area contributed by atoms with Gasteiger partial charge in [0.15, 0.2) is 0 Å². The van der Waals surface area contributed by atoms with Gasteiger partial charge in [-0.15, -0.1) is 0 Å².